The fourth-order valence-electron chi connectivity index (χ4n) is 2.30. The standard InChI is InChI=1S/C16H20N2O4S/c1-4-12-5-7-13(8-6-12)11(2)17-23(21,22)14-9-15(16(19)20)18(3)10-14/h5-11,17H,4H2,1-3H3,(H,19,20). The molecule has 2 aromatic rings. The lowest BCUT2D eigenvalue weighted by molar-refractivity contribution is 0.0686. The lowest BCUT2D eigenvalue weighted by Crippen LogP contribution is -2.26. The number of rotatable bonds is 6. The van der Waals surface area contributed by atoms with Gasteiger partial charge in [0.15, 0.2) is 0 Å². The number of hydrogen-bond acceptors (Lipinski definition) is 3. The van der Waals surface area contributed by atoms with Gasteiger partial charge in [-0.05, 0) is 30.5 Å². The Bertz CT molecular complexity index is 807. The summed E-state index contributed by atoms with van der Waals surface area (Å²) in [4.78, 5) is 11.0. The molecular formula is C16H20N2O4S. The molecule has 0 aliphatic rings. The average Bonchev–Trinajstić information content (AvgIpc) is 2.90. The zero-order valence-electron chi connectivity index (χ0n) is 13.3. The van der Waals surface area contributed by atoms with E-state index >= 15 is 0 Å². The molecule has 6 nitrogen and oxygen atoms in total. The van der Waals surface area contributed by atoms with Gasteiger partial charge in [0.2, 0.25) is 10.0 Å². The van der Waals surface area contributed by atoms with Crippen LogP contribution in [0.5, 0.6) is 0 Å². The predicted octanol–water partition coefficient (Wildman–Crippen LogP) is 2.33. The van der Waals surface area contributed by atoms with Gasteiger partial charge in [-0.15, -0.1) is 0 Å². The Morgan fingerprint density at radius 1 is 1.30 bits per heavy atom. The maximum Gasteiger partial charge on any atom is 0.352 e. The summed E-state index contributed by atoms with van der Waals surface area (Å²) in [5.74, 6) is -1.17. The number of aryl methyl sites for hydroxylation is 2. The Morgan fingerprint density at radius 3 is 2.39 bits per heavy atom. The monoisotopic (exact) mass is 336 g/mol. The minimum Gasteiger partial charge on any atom is -0.477 e. The van der Waals surface area contributed by atoms with E-state index in [4.69, 9.17) is 5.11 Å². The van der Waals surface area contributed by atoms with E-state index in [1.807, 2.05) is 24.3 Å². The van der Waals surface area contributed by atoms with Crippen LogP contribution in [-0.4, -0.2) is 24.1 Å². The summed E-state index contributed by atoms with van der Waals surface area (Å²) in [6.45, 7) is 3.80. The Kier molecular flexibility index (Phi) is 4.91. The molecule has 1 aromatic carbocycles. The molecule has 0 bridgehead atoms. The third kappa shape index (κ3) is 3.80. The molecule has 1 atom stereocenters. The SMILES string of the molecule is CCc1ccc(C(C)NS(=O)(=O)c2cc(C(=O)O)n(C)c2)cc1. The van der Waals surface area contributed by atoms with E-state index in [1.54, 1.807) is 6.92 Å². The molecule has 1 unspecified atom stereocenters. The Hall–Kier alpha value is -2.12. The van der Waals surface area contributed by atoms with E-state index in [9.17, 15) is 13.2 Å². The topological polar surface area (TPSA) is 88.4 Å². The van der Waals surface area contributed by atoms with Crippen molar-refractivity contribution < 1.29 is 18.3 Å². The van der Waals surface area contributed by atoms with E-state index in [0.717, 1.165) is 18.1 Å². The molecule has 7 heteroatoms. The van der Waals surface area contributed by atoms with Crippen LogP contribution in [0.25, 0.3) is 0 Å². The molecule has 0 saturated heterocycles. The van der Waals surface area contributed by atoms with Crippen molar-refractivity contribution in [3.63, 3.8) is 0 Å². The number of benzene rings is 1. The predicted molar refractivity (Wildman–Crippen MR) is 86.9 cm³/mol. The van der Waals surface area contributed by atoms with Gasteiger partial charge >= 0.3 is 5.97 Å². The fourth-order valence-corrected chi connectivity index (χ4v) is 3.61. The molecule has 23 heavy (non-hydrogen) atoms. The van der Waals surface area contributed by atoms with Crippen LogP contribution in [0.1, 0.15) is 41.5 Å². The third-order valence-corrected chi connectivity index (χ3v) is 5.24. The quantitative estimate of drug-likeness (QED) is 0.847. The lowest BCUT2D eigenvalue weighted by atomic mass is 10.1. The molecule has 0 fully saturated rings. The first-order chi connectivity index (χ1) is 10.7. The second-order valence-corrected chi connectivity index (χ2v) is 7.13. The molecular weight excluding hydrogens is 316 g/mol. The van der Waals surface area contributed by atoms with Crippen LogP contribution in [0.3, 0.4) is 0 Å². The van der Waals surface area contributed by atoms with Crippen molar-refractivity contribution >= 4 is 16.0 Å². The molecule has 0 aliphatic heterocycles. The van der Waals surface area contributed by atoms with Crippen molar-refractivity contribution in [2.24, 2.45) is 7.05 Å². The van der Waals surface area contributed by atoms with Crippen molar-refractivity contribution in [1.29, 1.82) is 0 Å². The van der Waals surface area contributed by atoms with Crippen molar-refractivity contribution in [1.82, 2.24) is 9.29 Å². The number of hydrogen-bond donors (Lipinski definition) is 2. The van der Waals surface area contributed by atoms with Crippen molar-refractivity contribution in [2.45, 2.75) is 31.2 Å². The minimum atomic E-state index is -3.79. The maximum atomic E-state index is 12.4. The largest absolute Gasteiger partial charge is 0.477 e. The number of nitrogens with zero attached hydrogens (tertiary/aromatic N) is 1. The van der Waals surface area contributed by atoms with Crippen LogP contribution in [-0.2, 0) is 23.5 Å². The van der Waals surface area contributed by atoms with Gasteiger partial charge in [0.1, 0.15) is 10.6 Å². The number of aromatic nitrogens is 1. The van der Waals surface area contributed by atoms with Crippen molar-refractivity contribution in [2.75, 3.05) is 0 Å². The summed E-state index contributed by atoms with van der Waals surface area (Å²) < 4.78 is 28.7. The van der Waals surface area contributed by atoms with E-state index < -0.39 is 22.0 Å². The molecule has 1 heterocycles. The summed E-state index contributed by atoms with van der Waals surface area (Å²) in [5.41, 5.74) is 1.95. The van der Waals surface area contributed by atoms with Crippen LogP contribution in [0.2, 0.25) is 0 Å². The Morgan fingerprint density at radius 2 is 1.91 bits per heavy atom. The fraction of sp³-hybridized carbons (Fsp3) is 0.312. The van der Waals surface area contributed by atoms with Gasteiger partial charge in [-0.2, -0.15) is 0 Å². The van der Waals surface area contributed by atoms with Gasteiger partial charge in [0.05, 0.1) is 0 Å². The number of carboxylic acids is 1. The first-order valence-corrected chi connectivity index (χ1v) is 8.73. The summed E-state index contributed by atoms with van der Waals surface area (Å²) in [6.07, 6.45) is 2.21. The molecule has 0 amide bonds. The smallest absolute Gasteiger partial charge is 0.352 e. The molecule has 1 aromatic heterocycles. The summed E-state index contributed by atoms with van der Waals surface area (Å²) in [5, 5.41) is 9.02. The van der Waals surface area contributed by atoms with Crippen LogP contribution in [0.15, 0.2) is 41.4 Å². The zero-order valence-corrected chi connectivity index (χ0v) is 14.1. The van der Waals surface area contributed by atoms with Gasteiger partial charge in [-0.1, -0.05) is 31.2 Å². The first-order valence-electron chi connectivity index (χ1n) is 7.25. The van der Waals surface area contributed by atoms with Gasteiger partial charge in [-0.25, -0.2) is 17.9 Å². The molecule has 0 radical (unpaired) electrons. The van der Waals surface area contributed by atoms with Crippen LogP contribution in [0.4, 0.5) is 0 Å². The molecule has 0 saturated carbocycles. The number of nitrogens with one attached hydrogen (secondary N) is 1. The highest BCUT2D eigenvalue weighted by Gasteiger charge is 2.22. The maximum absolute atomic E-state index is 12.4. The molecule has 124 valence electrons. The van der Waals surface area contributed by atoms with Crippen LogP contribution >= 0.6 is 0 Å². The number of carbonyl (C=O) groups is 1. The molecule has 0 spiro atoms. The average molecular weight is 336 g/mol. The number of sulfonamides is 1. The van der Waals surface area contributed by atoms with E-state index in [1.165, 1.54) is 23.4 Å². The van der Waals surface area contributed by atoms with Gasteiger partial charge in [-0.3, -0.25) is 0 Å². The van der Waals surface area contributed by atoms with Gasteiger partial charge in [0.25, 0.3) is 0 Å². The highest BCUT2D eigenvalue weighted by atomic mass is 32.2. The zero-order chi connectivity index (χ0) is 17.2. The highest BCUT2D eigenvalue weighted by Crippen LogP contribution is 2.19. The molecule has 0 aliphatic carbocycles. The Labute approximate surface area is 135 Å². The Balaban J connectivity index is 2.22. The molecule has 2 N–H and O–H groups in total. The number of carboxylic acid groups (broad SMARTS) is 1. The van der Waals surface area contributed by atoms with E-state index in [-0.39, 0.29) is 10.6 Å². The van der Waals surface area contributed by atoms with E-state index in [2.05, 4.69) is 11.6 Å². The second kappa shape index (κ2) is 6.55. The van der Waals surface area contributed by atoms with Crippen LogP contribution < -0.4 is 4.72 Å². The second-order valence-electron chi connectivity index (χ2n) is 5.42. The normalized spacial score (nSPS) is 13.0. The van der Waals surface area contributed by atoms with Gasteiger partial charge < -0.3 is 9.67 Å². The minimum absolute atomic E-state index is 0.0607. The first kappa shape index (κ1) is 17.2. The van der Waals surface area contributed by atoms with Crippen molar-refractivity contribution in [3.05, 3.63) is 53.3 Å². The van der Waals surface area contributed by atoms with Crippen molar-refractivity contribution in [3.8, 4) is 0 Å². The summed E-state index contributed by atoms with van der Waals surface area (Å²) in [7, 11) is -2.30. The highest BCUT2D eigenvalue weighted by molar-refractivity contribution is 7.89. The third-order valence-electron chi connectivity index (χ3n) is 3.73. The van der Waals surface area contributed by atoms with E-state index in [0.29, 0.717) is 0 Å². The number of aromatic carboxylic acids is 1. The summed E-state index contributed by atoms with van der Waals surface area (Å²) in [6, 6.07) is 8.44. The van der Waals surface area contributed by atoms with Gasteiger partial charge in [0, 0.05) is 19.3 Å². The summed E-state index contributed by atoms with van der Waals surface area (Å²) >= 11 is 0. The van der Waals surface area contributed by atoms with Crippen LogP contribution in [0, 0.1) is 0 Å². The molecule has 2 rings (SSSR count). The lowest BCUT2D eigenvalue weighted by Gasteiger charge is -2.14.